The molecule has 0 atom stereocenters. The number of aliphatic carboxylic acids is 1. The molecule has 10 heteroatoms. The maximum atomic E-state index is 10.6. The molecular formula is C22H24F3N5O2. The number of benzene rings is 1. The molecule has 1 fully saturated rings. The second-order valence-electron chi connectivity index (χ2n) is 7.92. The Balaban J connectivity index is 0.000000307. The Bertz CT molecular complexity index is 1080. The average Bonchev–Trinajstić information content (AvgIpc) is 3.42. The third-order valence-corrected chi connectivity index (χ3v) is 5.62. The summed E-state index contributed by atoms with van der Waals surface area (Å²) < 4.78 is 33.7. The number of carbonyl (C=O) groups is 1. The highest BCUT2D eigenvalue weighted by Gasteiger charge is 2.38. The number of hydrogen-bond donors (Lipinski definition) is 1. The first kappa shape index (κ1) is 22.1. The molecule has 0 amide bonds. The van der Waals surface area contributed by atoms with Gasteiger partial charge in [0, 0.05) is 50.9 Å². The van der Waals surface area contributed by atoms with Crippen molar-refractivity contribution >= 4 is 17.4 Å². The van der Waals surface area contributed by atoms with E-state index < -0.39 is 12.1 Å². The van der Waals surface area contributed by atoms with Crippen LogP contribution in [0.2, 0.25) is 0 Å². The van der Waals surface area contributed by atoms with Crippen LogP contribution >= 0.6 is 0 Å². The van der Waals surface area contributed by atoms with Crippen molar-refractivity contribution in [1.82, 2.24) is 19.5 Å². The summed E-state index contributed by atoms with van der Waals surface area (Å²) in [6.45, 7) is 5.23. The van der Waals surface area contributed by atoms with E-state index in [4.69, 9.17) is 20.0 Å². The van der Waals surface area contributed by atoms with E-state index >= 15 is 0 Å². The number of halogens is 3. The summed E-state index contributed by atoms with van der Waals surface area (Å²) in [6, 6.07) is 12.8. The fraction of sp³-hybridized carbons (Fsp3) is 0.409. The van der Waals surface area contributed by atoms with E-state index in [2.05, 4.69) is 52.4 Å². The Morgan fingerprint density at radius 3 is 2.41 bits per heavy atom. The third-order valence-electron chi connectivity index (χ3n) is 5.62. The molecule has 3 aromatic rings. The van der Waals surface area contributed by atoms with Gasteiger partial charge in [-0.25, -0.2) is 14.3 Å². The van der Waals surface area contributed by atoms with Crippen molar-refractivity contribution in [2.45, 2.75) is 38.5 Å². The summed E-state index contributed by atoms with van der Waals surface area (Å²) in [7, 11) is 0. The van der Waals surface area contributed by atoms with Crippen LogP contribution in [0.15, 0.2) is 42.6 Å². The summed E-state index contributed by atoms with van der Waals surface area (Å²) in [6.07, 6.45) is 0.546. The van der Waals surface area contributed by atoms with Gasteiger partial charge in [-0.05, 0) is 24.5 Å². The number of carboxylic acid groups (broad SMARTS) is 1. The largest absolute Gasteiger partial charge is 0.490 e. The molecule has 4 heterocycles. The number of aromatic nitrogens is 3. The number of carboxylic acids is 1. The summed E-state index contributed by atoms with van der Waals surface area (Å²) in [5, 5.41) is 11.9. The van der Waals surface area contributed by atoms with Crippen molar-refractivity contribution in [3.8, 4) is 0 Å². The molecule has 0 bridgehead atoms. The van der Waals surface area contributed by atoms with Crippen LogP contribution in [-0.2, 0) is 24.3 Å². The number of rotatable bonds is 3. The monoisotopic (exact) mass is 447 g/mol. The summed E-state index contributed by atoms with van der Waals surface area (Å²) >= 11 is 0. The minimum absolute atomic E-state index is 0.935. The zero-order valence-corrected chi connectivity index (χ0v) is 17.4. The van der Waals surface area contributed by atoms with E-state index in [0.29, 0.717) is 0 Å². The fourth-order valence-corrected chi connectivity index (χ4v) is 4.04. The van der Waals surface area contributed by atoms with Gasteiger partial charge in [-0.15, -0.1) is 0 Å². The van der Waals surface area contributed by atoms with Crippen molar-refractivity contribution in [3.05, 3.63) is 59.4 Å². The number of alkyl halides is 3. The average molecular weight is 447 g/mol. The lowest BCUT2D eigenvalue weighted by Gasteiger charge is -2.26. The van der Waals surface area contributed by atoms with Gasteiger partial charge < -0.3 is 10.0 Å². The molecule has 1 saturated heterocycles. The molecule has 0 unspecified atom stereocenters. The topological polar surface area (TPSA) is 74.0 Å². The van der Waals surface area contributed by atoms with E-state index in [1.165, 1.54) is 29.7 Å². The Labute approximate surface area is 183 Å². The van der Waals surface area contributed by atoms with Gasteiger partial charge in [-0.1, -0.05) is 30.3 Å². The minimum Gasteiger partial charge on any atom is -0.475 e. The van der Waals surface area contributed by atoms with Gasteiger partial charge in [0.1, 0.15) is 5.82 Å². The van der Waals surface area contributed by atoms with Crippen LogP contribution in [0, 0.1) is 0 Å². The molecule has 5 rings (SSSR count). The van der Waals surface area contributed by atoms with Crippen LogP contribution in [-0.4, -0.2) is 56.4 Å². The van der Waals surface area contributed by atoms with Crippen LogP contribution in [0.3, 0.4) is 0 Å². The van der Waals surface area contributed by atoms with Crippen LogP contribution in [0.4, 0.5) is 19.0 Å². The van der Waals surface area contributed by atoms with Gasteiger partial charge in [0.2, 0.25) is 0 Å². The summed E-state index contributed by atoms with van der Waals surface area (Å²) in [4.78, 5) is 18.8. The molecule has 0 aliphatic carbocycles. The molecule has 2 aromatic heterocycles. The van der Waals surface area contributed by atoms with E-state index in [0.717, 1.165) is 50.6 Å². The van der Waals surface area contributed by atoms with Gasteiger partial charge in [-0.2, -0.15) is 18.3 Å². The maximum absolute atomic E-state index is 10.6. The third kappa shape index (κ3) is 5.01. The molecule has 0 saturated carbocycles. The van der Waals surface area contributed by atoms with Crippen LogP contribution in [0.25, 0.3) is 5.65 Å². The van der Waals surface area contributed by atoms with Crippen LogP contribution in [0.1, 0.15) is 29.7 Å². The van der Waals surface area contributed by atoms with Crippen molar-refractivity contribution in [3.63, 3.8) is 0 Å². The molecule has 1 N–H and O–H groups in total. The first-order chi connectivity index (χ1) is 15.3. The predicted molar refractivity (Wildman–Crippen MR) is 112 cm³/mol. The fourth-order valence-electron chi connectivity index (χ4n) is 4.04. The molecule has 7 nitrogen and oxygen atoms in total. The standard InChI is InChI=1S/C20H23N5.C2HF3O2/c1-2-6-16(7-3-1)14-23-12-8-18-17(15-23)20-21-19(9-13-25(20)22-18)24-10-4-5-11-24;3-2(4,5)1(6)7/h1-3,6-7,9,13H,4-5,8,10-12,14-15H2;(H,6,7). The molecule has 2 aliphatic rings. The van der Waals surface area contributed by atoms with Gasteiger partial charge in [0.05, 0.1) is 5.69 Å². The lowest BCUT2D eigenvalue weighted by atomic mass is 10.1. The van der Waals surface area contributed by atoms with Gasteiger partial charge in [0.25, 0.3) is 0 Å². The zero-order chi connectivity index (χ0) is 22.7. The molecule has 0 radical (unpaired) electrons. The SMILES string of the molecule is O=C(O)C(F)(F)F.c1ccc(CN2CCc3nn4ccc(N5CCCC5)nc4c3C2)cc1. The van der Waals surface area contributed by atoms with Gasteiger partial charge in [0.15, 0.2) is 5.65 Å². The van der Waals surface area contributed by atoms with E-state index in [-0.39, 0.29) is 0 Å². The molecular weight excluding hydrogens is 423 g/mol. The number of fused-ring (bicyclic) bond motifs is 3. The highest BCUT2D eigenvalue weighted by atomic mass is 19.4. The normalized spacial score (nSPS) is 16.5. The minimum atomic E-state index is -5.08. The number of hydrogen-bond acceptors (Lipinski definition) is 5. The summed E-state index contributed by atoms with van der Waals surface area (Å²) in [5.74, 6) is -1.65. The molecule has 32 heavy (non-hydrogen) atoms. The Morgan fingerprint density at radius 1 is 1.06 bits per heavy atom. The highest BCUT2D eigenvalue weighted by molar-refractivity contribution is 5.73. The molecule has 0 spiro atoms. The van der Waals surface area contributed by atoms with Crippen molar-refractivity contribution in [2.75, 3.05) is 24.5 Å². The lowest BCUT2D eigenvalue weighted by molar-refractivity contribution is -0.192. The maximum Gasteiger partial charge on any atom is 0.490 e. The highest BCUT2D eigenvalue weighted by Crippen LogP contribution is 2.26. The predicted octanol–water partition coefficient (Wildman–Crippen LogP) is 3.52. The lowest BCUT2D eigenvalue weighted by Crippen LogP contribution is -2.29. The summed E-state index contributed by atoms with van der Waals surface area (Å²) in [5.41, 5.74) is 4.93. The molecule has 2 aliphatic heterocycles. The van der Waals surface area contributed by atoms with Crippen LogP contribution in [0.5, 0.6) is 0 Å². The second kappa shape index (κ2) is 9.15. The Hall–Kier alpha value is -3.14. The second-order valence-corrected chi connectivity index (χ2v) is 7.92. The number of anilines is 1. The Kier molecular flexibility index (Phi) is 6.31. The van der Waals surface area contributed by atoms with Crippen molar-refractivity contribution < 1.29 is 23.1 Å². The van der Waals surface area contributed by atoms with E-state index in [9.17, 15) is 13.2 Å². The van der Waals surface area contributed by atoms with Gasteiger partial charge >= 0.3 is 12.1 Å². The Morgan fingerprint density at radius 2 is 1.75 bits per heavy atom. The number of nitrogens with zero attached hydrogens (tertiary/aromatic N) is 5. The van der Waals surface area contributed by atoms with Gasteiger partial charge in [-0.3, -0.25) is 4.90 Å². The zero-order valence-electron chi connectivity index (χ0n) is 17.4. The van der Waals surface area contributed by atoms with E-state index in [1.54, 1.807) is 0 Å². The first-order valence-electron chi connectivity index (χ1n) is 10.5. The van der Waals surface area contributed by atoms with Crippen molar-refractivity contribution in [1.29, 1.82) is 0 Å². The smallest absolute Gasteiger partial charge is 0.475 e. The molecule has 170 valence electrons. The van der Waals surface area contributed by atoms with E-state index in [1.807, 2.05) is 4.52 Å². The molecule has 1 aromatic carbocycles. The van der Waals surface area contributed by atoms with Crippen LogP contribution < -0.4 is 4.90 Å². The first-order valence-corrected chi connectivity index (χ1v) is 10.5. The quantitative estimate of drug-likeness (QED) is 0.662. The van der Waals surface area contributed by atoms with Crippen molar-refractivity contribution in [2.24, 2.45) is 0 Å².